The zero-order valence-electron chi connectivity index (χ0n) is 17.3. The predicted molar refractivity (Wildman–Crippen MR) is 117 cm³/mol. The van der Waals surface area contributed by atoms with Gasteiger partial charge in [-0.25, -0.2) is 0 Å². The second-order valence-corrected chi connectivity index (χ2v) is 7.93. The van der Waals surface area contributed by atoms with Crippen LogP contribution >= 0.6 is 0 Å². The third-order valence-corrected chi connectivity index (χ3v) is 5.90. The van der Waals surface area contributed by atoms with E-state index in [0.717, 1.165) is 27.7 Å². The number of oxazole rings is 1. The van der Waals surface area contributed by atoms with Gasteiger partial charge < -0.3 is 19.0 Å². The lowest BCUT2D eigenvalue weighted by Gasteiger charge is -2.29. The Balaban J connectivity index is 1.18. The van der Waals surface area contributed by atoms with Crippen molar-refractivity contribution in [3.05, 3.63) is 59.8 Å². The number of carbonyl (C=O) groups excluding carboxylic acids is 2. The number of nitrogens with zero attached hydrogens (tertiary/aromatic N) is 2. The Morgan fingerprint density at radius 1 is 1.13 bits per heavy atom. The molecule has 2 aromatic carbocycles. The molecule has 158 valence electrons. The summed E-state index contributed by atoms with van der Waals surface area (Å²) in [6, 6.07) is 15.9. The summed E-state index contributed by atoms with van der Waals surface area (Å²) in [5.74, 6) is -0.729. The minimum atomic E-state index is -0.317. The molecule has 0 saturated carbocycles. The van der Waals surface area contributed by atoms with Crippen LogP contribution in [0.25, 0.3) is 22.0 Å². The number of fused-ring (bicyclic) bond motifs is 2. The molecule has 7 nitrogen and oxygen atoms in total. The molecule has 3 heterocycles. The van der Waals surface area contributed by atoms with Crippen molar-refractivity contribution in [1.29, 1.82) is 0 Å². The summed E-state index contributed by atoms with van der Waals surface area (Å²) in [6.07, 6.45) is 1.27. The van der Waals surface area contributed by atoms with Crippen LogP contribution in [0.3, 0.4) is 0 Å². The number of H-pyrrole nitrogens is 1. The molecular formula is C24H23N3O4. The first-order chi connectivity index (χ1) is 15.1. The lowest BCUT2D eigenvalue weighted by atomic mass is 9.97. The molecule has 7 heteroatoms. The Labute approximate surface area is 179 Å². The van der Waals surface area contributed by atoms with E-state index in [0.29, 0.717) is 37.5 Å². The van der Waals surface area contributed by atoms with Gasteiger partial charge in [-0.2, -0.15) is 4.98 Å². The topological polar surface area (TPSA) is 88.4 Å². The van der Waals surface area contributed by atoms with E-state index < -0.39 is 0 Å². The first kappa shape index (κ1) is 19.4. The number of ketones is 1. The lowest BCUT2D eigenvalue weighted by Crippen LogP contribution is -2.37. The fourth-order valence-electron chi connectivity index (χ4n) is 4.26. The van der Waals surface area contributed by atoms with Crippen LogP contribution in [0.4, 0.5) is 6.01 Å². The van der Waals surface area contributed by atoms with Crippen LogP contribution in [0, 0.1) is 12.8 Å². The number of aromatic amines is 1. The number of para-hydroxylation sites is 3. The van der Waals surface area contributed by atoms with E-state index >= 15 is 0 Å². The number of anilines is 1. The van der Waals surface area contributed by atoms with E-state index in [1.807, 2.05) is 60.4 Å². The zero-order chi connectivity index (χ0) is 21.4. The van der Waals surface area contributed by atoms with Gasteiger partial charge in [0, 0.05) is 35.2 Å². The molecule has 0 spiro atoms. The van der Waals surface area contributed by atoms with E-state index in [2.05, 4.69) is 9.97 Å². The summed E-state index contributed by atoms with van der Waals surface area (Å²) in [5, 5.41) is 0.854. The predicted octanol–water partition coefficient (Wildman–Crippen LogP) is 4.26. The number of carbonyl (C=O) groups is 2. The number of hydrogen-bond acceptors (Lipinski definition) is 6. The van der Waals surface area contributed by atoms with Gasteiger partial charge in [0.2, 0.25) is 5.78 Å². The van der Waals surface area contributed by atoms with E-state index in [1.165, 1.54) is 0 Å². The largest absolute Gasteiger partial charge is 0.457 e. The van der Waals surface area contributed by atoms with Crippen LogP contribution in [-0.2, 0) is 9.53 Å². The van der Waals surface area contributed by atoms with Gasteiger partial charge in [0.25, 0.3) is 6.01 Å². The van der Waals surface area contributed by atoms with Crippen LogP contribution in [0.2, 0.25) is 0 Å². The van der Waals surface area contributed by atoms with Gasteiger partial charge in [0.15, 0.2) is 12.2 Å². The van der Waals surface area contributed by atoms with Crippen molar-refractivity contribution in [1.82, 2.24) is 9.97 Å². The minimum Gasteiger partial charge on any atom is -0.457 e. The smallest absolute Gasteiger partial charge is 0.309 e. The van der Waals surface area contributed by atoms with Gasteiger partial charge in [-0.15, -0.1) is 0 Å². The molecule has 1 fully saturated rings. The maximum atomic E-state index is 12.7. The summed E-state index contributed by atoms with van der Waals surface area (Å²) in [6.45, 7) is 2.92. The summed E-state index contributed by atoms with van der Waals surface area (Å²) in [4.78, 5) is 35.1. The summed E-state index contributed by atoms with van der Waals surface area (Å²) in [5.41, 5.74) is 3.86. The normalized spacial score (nSPS) is 14.9. The molecule has 0 unspecified atom stereocenters. The van der Waals surface area contributed by atoms with E-state index in [1.54, 1.807) is 0 Å². The molecular weight excluding hydrogens is 394 g/mol. The summed E-state index contributed by atoms with van der Waals surface area (Å²) in [7, 11) is 0. The number of piperidine rings is 1. The SMILES string of the molecule is Cc1[nH]c2ccccc2c1C(=O)COC(=O)C1CCN(c2nc3ccccc3o2)CC1. The third kappa shape index (κ3) is 3.67. The number of benzene rings is 2. The van der Waals surface area contributed by atoms with Crippen molar-refractivity contribution < 1.29 is 18.7 Å². The highest BCUT2D eigenvalue weighted by Crippen LogP contribution is 2.27. The summed E-state index contributed by atoms with van der Waals surface area (Å²) >= 11 is 0. The molecule has 1 saturated heterocycles. The van der Waals surface area contributed by atoms with E-state index in [-0.39, 0.29) is 24.3 Å². The van der Waals surface area contributed by atoms with Crippen LogP contribution < -0.4 is 4.90 Å². The Morgan fingerprint density at radius 3 is 2.68 bits per heavy atom. The maximum Gasteiger partial charge on any atom is 0.309 e. The van der Waals surface area contributed by atoms with Gasteiger partial charge in [-0.3, -0.25) is 9.59 Å². The molecule has 2 aromatic heterocycles. The van der Waals surface area contributed by atoms with Crippen molar-refractivity contribution in [3.8, 4) is 0 Å². The highest BCUT2D eigenvalue weighted by Gasteiger charge is 2.29. The van der Waals surface area contributed by atoms with Crippen molar-refractivity contribution in [3.63, 3.8) is 0 Å². The van der Waals surface area contributed by atoms with E-state index in [9.17, 15) is 9.59 Å². The lowest BCUT2D eigenvalue weighted by molar-refractivity contribution is -0.148. The molecule has 0 bridgehead atoms. The number of aryl methyl sites for hydroxylation is 1. The Hall–Kier alpha value is -3.61. The minimum absolute atomic E-state index is 0.188. The standard InChI is InChI=1S/C24H23N3O4/c1-15-22(17-6-2-3-7-18(17)25-15)20(28)14-30-23(29)16-10-12-27(13-11-16)24-26-19-8-4-5-9-21(19)31-24/h2-9,16,25H,10-14H2,1H3. The Bertz CT molecular complexity index is 1230. The zero-order valence-corrected chi connectivity index (χ0v) is 17.3. The molecule has 1 aliphatic rings. The van der Waals surface area contributed by atoms with Crippen LogP contribution in [0.1, 0.15) is 28.9 Å². The van der Waals surface area contributed by atoms with Gasteiger partial charge in [0.1, 0.15) is 5.52 Å². The number of aromatic nitrogens is 2. The molecule has 4 aromatic rings. The number of ether oxygens (including phenoxy) is 1. The average molecular weight is 417 g/mol. The highest BCUT2D eigenvalue weighted by molar-refractivity contribution is 6.10. The van der Waals surface area contributed by atoms with Gasteiger partial charge in [-0.05, 0) is 38.0 Å². The fraction of sp³-hybridized carbons (Fsp3) is 0.292. The Morgan fingerprint density at radius 2 is 1.87 bits per heavy atom. The van der Waals surface area contributed by atoms with Crippen molar-refractivity contribution in [2.75, 3.05) is 24.6 Å². The van der Waals surface area contributed by atoms with E-state index in [4.69, 9.17) is 9.15 Å². The number of hydrogen-bond donors (Lipinski definition) is 1. The molecule has 0 atom stereocenters. The number of rotatable bonds is 5. The number of Topliss-reactive ketones (excluding diaryl/α,β-unsaturated/α-hetero) is 1. The second kappa shape index (κ2) is 7.91. The average Bonchev–Trinajstić information content (AvgIpc) is 3.37. The molecule has 0 aliphatic carbocycles. The van der Waals surface area contributed by atoms with Gasteiger partial charge in [-0.1, -0.05) is 30.3 Å². The fourth-order valence-corrected chi connectivity index (χ4v) is 4.26. The summed E-state index contributed by atoms with van der Waals surface area (Å²) < 4.78 is 11.2. The first-order valence-corrected chi connectivity index (χ1v) is 10.5. The number of esters is 1. The maximum absolute atomic E-state index is 12.7. The van der Waals surface area contributed by atoms with Crippen LogP contribution in [0.15, 0.2) is 52.9 Å². The molecule has 0 radical (unpaired) electrons. The Kier molecular flexibility index (Phi) is 4.94. The van der Waals surface area contributed by atoms with Crippen molar-refractivity contribution >= 4 is 39.8 Å². The van der Waals surface area contributed by atoms with Crippen LogP contribution in [-0.4, -0.2) is 41.4 Å². The molecule has 31 heavy (non-hydrogen) atoms. The van der Waals surface area contributed by atoms with Crippen LogP contribution in [0.5, 0.6) is 0 Å². The van der Waals surface area contributed by atoms with Gasteiger partial charge >= 0.3 is 5.97 Å². The molecule has 0 amide bonds. The molecule has 1 N–H and O–H groups in total. The number of nitrogens with one attached hydrogen (secondary N) is 1. The third-order valence-electron chi connectivity index (χ3n) is 5.90. The quantitative estimate of drug-likeness (QED) is 0.386. The highest BCUT2D eigenvalue weighted by atomic mass is 16.5. The van der Waals surface area contributed by atoms with Crippen molar-refractivity contribution in [2.24, 2.45) is 5.92 Å². The molecule has 1 aliphatic heterocycles. The van der Waals surface area contributed by atoms with Crippen molar-refractivity contribution in [2.45, 2.75) is 19.8 Å². The monoisotopic (exact) mass is 417 g/mol. The molecule has 5 rings (SSSR count). The second-order valence-electron chi connectivity index (χ2n) is 7.93. The first-order valence-electron chi connectivity index (χ1n) is 10.5. The van der Waals surface area contributed by atoms with Gasteiger partial charge in [0.05, 0.1) is 5.92 Å².